The van der Waals surface area contributed by atoms with E-state index in [2.05, 4.69) is 24.3 Å². The zero-order valence-electron chi connectivity index (χ0n) is 14.6. The van der Waals surface area contributed by atoms with Gasteiger partial charge in [-0.05, 0) is 19.1 Å². The van der Waals surface area contributed by atoms with Gasteiger partial charge in [-0.25, -0.2) is 18.4 Å². The van der Waals surface area contributed by atoms with Crippen molar-refractivity contribution in [3.63, 3.8) is 0 Å². The molecule has 26 heavy (non-hydrogen) atoms. The summed E-state index contributed by atoms with van der Waals surface area (Å²) in [6.07, 6.45) is 3.56. The summed E-state index contributed by atoms with van der Waals surface area (Å²) >= 11 is 0. The Hall–Kier alpha value is -2.52. The predicted octanol–water partition coefficient (Wildman–Crippen LogP) is 0.688. The highest BCUT2D eigenvalue weighted by Crippen LogP contribution is 2.19. The maximum atomic E-state index is 12.4. The third-order valence-corrected chi connectivity index (χ3v) is 5.58. The Morgan fingerprint density at radius 2 is 2.08 bits per heavy atom. The highest BCUT2D eigenvalue weighted by Gasteiger charge is 2.24. The van der Waals surface area contributed by atoms with Gasteiger partial charge in [0.05, 0.1) is 22.6 Å². The van der Waals surface area contributed by atoms with E-state index in [-0.39, 0.29) is 10.7 Å². The van der Waals surface area contributed by atoms with Crippen LogP contribution in [-0.2, 0) is 29.3 Å². The average molecular weight is 373 g/mol. The summed E-state index contributed by atoms with van der Waals surface area (Å²) in [6.45, 7) is 3.77. The molecule has 3 aromatic heterocycles. The van der Waals surface area contributed by atoms with Crippen LogP contribution in [0.1, 0.15) is 22.6 Å². The maximum absolute atomic E-state index is 12.4. The lowest BCUT2D eigenvalue weighted by Crippen LogP contribution is -2.36. The van der Waals surface area contributed by atoms with E-state index in [0.29, 0.717) is 37.3 Å². The summed E-state index contributed by atoms with van der Waals surface area (Å²) in [4.78, 5) is 25.6. The minimum atomic E-state index is -3.54. The van der Waals surface area contributed by atoms with Crippen molar-refractivity contribution in [2.75, 3.05) is 12.8 Å². The maximum Gasteiger partial charge on any atom is 0.256 e. The van der Waals surface area contributed by atoms with Crippen LogP contribution in [0.3, 0.4) is 0 Å². The first-order valence-electron chi connectivity index (χ1n) is 8.30. The molecule has 0 radical (unpaired) electrons. The summed E-state index contributed by atoms with van der Waals surface area (Å²) in [5, 5.41) is -0.257. The van der Waals surface area contributed by atoms with Gasteiger partial charge in [0.1, 0.15) is 5.65 Å². The highest BCUT2D eigenvalue weighted by atomic mass is 32.2. The fraction of sp³-hybridized carbons (Fsp3) is 0.353. The number of nitrogens with one attached hydrogen (secondary N) is 1. The van der Waals surface area contributed by atoms with Crippen molar-refractivity contribution in [3.8, 4) is 0 Å². The normalized spacial score (nSPS) is 15.3. The molecular weight excluding hydrogens is 354 g/mol. The van der Waals surface area contributed by atoms with E-state index >= 15 is 0 Å². The second-order valence-electron chi connectivity index (χ2n) is 6.60. The van der Waals surface area contributed by atoms with Crippen LogP contribution >= 0.6 is 0 Å². The minimum Gasteiger partial charge on any atom is -0.302 e. The third kappa shape index (κ3) is 2.93. The predicted molar refractivity (Wildman–Crippen MR) is 95.7 cm³/mol. The molecule has 0 aromatic carbocycles. The Morgan fingerprint density at radius 3 is 2.85 bits per heavy atom. The number of nitrogens with zero attached hydrogens (tertiary/aromatic N) is 4. The van der Waals surface area contributed by atoms with Crippen molar-refractivity contribution in [1.82, 2.24) is 24.3 Å². The number of imidazole rings is 1. The Labute approximate surface area is 150 Å². The molecule has 0 aliphatic carbocycles. The fourth-order valence-electron chi connectivity index (χ4n) is 3.34. The van der Waals surface area contributed by atoms with Gasteiger partial charge >= 0.3 is 0 Å². The third-order valence-electron chi connectivity index (χ3n) is 4.68. The lowest BCUT2D eigenvalue weighted by molar-refractivity contribution is 0.237. The summed E-state index contributed by atoms with van der Waals surface area (Å²) < 4.78 is 25.4. The molecule has 0 spiro atoms. The number of hydrogen-bond acceptors (Lipinski definition) is 6. The molecule has 9 heteroatoms. The fourth-order valence-corrected chi connectivity index (χ4v) is 3.89. The molecule has 1 aliphatic heterocycles. The first kappa shape index (κ1) is 16.9. The molecule has 1 N–H and O–H groups in total. The second kappa shape index (κ2) is 6.03. The minimum absolute atomic E-state index is 0.257. The van der Waals surface area contributed by atoms with Crippen molar-refractivity contribution in [2.45, 2.75) is 31.6 Å². The van der Waals surface area contributed by atoms with E-state index in [1.54, 1.807) is 0 Å². The Bertz CT molecular complexity index is 1160. The monoisotopic (exact) mass is 373 g/mol. The van der Waals surface area contributed by atoms with E-state index in [9.17, 15) is 13.2 Å². The molecular formula is C17H19N5O3S. The van der Waals surface area contributed by atoms with Gasteiger partial charge in [0.15, 0.2) is 0 Å². The summed E-state index contributed by atoms with van der Waals surface area (Å²) in [5.41, 5.74) is 3.67. The molecule has 0 unspecified atom stereocenters. The molecule has 0 bridgehead atoms. The zero-order chi connectivity index (χ0) is 18.5. The number of H-pyrrole nitrogens is 1. The van der Waals surface area contributed by atoms with Gasteiger partial charge in [-0.2, -0.15) is 0 Å². The SMILES string of the molecule is Cc1nc2ccccn2c1CN1CCc2nc(S(C)(=O)=O)[nH]c(=O)c2C1. The summed E-state index contributed by atoms with van der Waals surface area (Å²) in [7, 11) is -3.54. The standard InChI is InChI=1S/C17H19N5O3S/c1-11-14(22-7-4-3-5-15(22)18-11)10-21-8-6-13-12(9-21)16(23)20-17(19-13)26(2,24)25/h3-5,7H,6,8-10H2,1-2H3,(H,19,20,23). The molecule has 3 aromatic rings. The van der Waals surface area contributed by atoms with Crippen LogP contribution in [0.15, 0.2) is 34.3 Å². The van der Waals surface area contributed by atoms with Crippen molar-refractivity contribution in [3.05, 3.63) is 57.4 Å². The molecule has 4 rings (SSSR count). The Morgan fingerprint density at radius 1 is 1.27 bits per heavy atom. The van der Waals surface area contributed by atoms with Crippen LogP contribution in [0.5, 0.6) is 0 Å². The number of rotatable bonds is 3. The van der Waals surface area contributed by atoms with Crippen LogP contribution in [0.2, 0.25) is 0 Å². The van der Waals surface area contributed by atoms with Gasteiger partial charge in [-0.15, -0.1) is 0 Å². The topological polar surface area (TPSA) is 100 Å². The number of hydrogen-bond donors (Lipinski definition) is 1. The summed E-state index contributed by atoms with van der Waals surface area (Å²) in [6, 6.07) is 5.88. The number of aromatic nitrogens is 4. The number of aromatic amines is 1. The van der Waals surface area contributed by atoms with Gasteiger partial charge < -0.3 is 4.40 Å². The quantitative estimate of drug-likeness (QED) is 0.678. The molecule has 1 aliphatic rings. The van der Waals surface area contributed by atoms with Crippen LogP contribution < -0.4 is 5.56 Å². The van der Waals surface area contributed by atoms with Crippen LogP contribution in [0.4, 0.5) is 0 Å². The molecule has 0 atom stereocenters. The van der Waals surface area contributed by atoms with Gasteiger partial charge in [0.25, 0.3) is 5.56 Å². The van der Waals surface area contributed by atoms with Crippen LogP contribution in [0.25, 0.3) is 5.65 Å². The van der Waals surface area contributed by atoms with Gasteiger partial charge in [-0.1, -0.05) is 6.07 Å². The number of sulfone groups is 1. The smallest absolute Gasteiger partial charge is 0.256 e. The molecule has 0 amide bonds. The molecule has 8 nitrogen and oxygen atoms in total. The molecule has 4 heterocycles. The number of aryl methyl sites for hydroxylation is 1. The zero-order valence-corrected chi connectivity index (χ0v) is 15.4. The Balaban J connectivity index is 1.65. The van der Waals surface area contributed by atoms with E-state index in [4.69, 9.17) is 0 Å². The van der Waals surface area contributed by atoms with E-state index in [1.807, 2.05) is 31.3 Å². The highest BCUT2D eigenvalue weighted by molar-refractivity contribution is 7.90. The largest absolute Gasteiger partial charge is 0.302 e. The number of pyridine rings is 1. The first-order valence-corrected chi connectivity index (χ1v) is 10.2. The van der Waals surface area contributed by atoms with E-state index < -0.39 is 9.84 Å². The molecule has 0 fully saturated rings. The van der Waals surface area contributed by atoms with Gasteiger partial charge in [0, 0.05) is 38.5 Å². The van der Waals surface area contributed by atoms with Crippen molar-refractivity contribution in [1.29, 1.82) is 0 Å². The number of fused-ring (bicyclic) bond motifs is 2. The van der Waals surface area contributed by atoms with Crippen LogP contribution in [-0.4, -0.2) is 45.5 Å². The van der Waals surface area contributed by atoms with Crippen LogP contribution in [0, 0.1) is 6.92 Å². The Kier molecular flexibility index (Phi) is 3.92. The molecule has 0 saturated heterocycles. The molecule has 0 saturated carbocycles. The van der Waals surface area contributed by atoms with Gasteiger partial charge in [-0.3, -0.25) is 14.7 Å². The van der Waals surface area contributed by atoms with Crippen molar-refractivity contribution < 1.29 is 8.42 Å². The lowest BCUT2D eigenvalue weighted by atomic mass is 10.1. The van der Waals surface area contributed by atoms with E-state index in [1.165, 1.54) is 0 Å². The lowest BCUT2D eigenvalue weighted by Gasteiger charge is -2.27. The van der Waals surface area contributed by atoms with Crippen molar-refractivity contribution >= 4 is 15.5 Å². The average Bonchev–Trinajstić information content (AvgIpc) is 2.90. The van der Waals surface area contributed by atoms with E-state index in [0.717, 1.165) is 23.3 Å². The molecule has 136 valence electrons. The van der Waals surface area contributed by atoms with Crippen molar-refractivity contribution in [2.24, 2.45) is 0 Å². The second-order valence-corrected chi connectivity index (χ2v) is 8.53. The van der Waals surface area contributed by atoms with Gasteiger partial charge in [0.2, 0.25) is 15.0 Å². The summed E-state index contributed by atoms with van der Waals surface area (Å²) in [5.74, 6) is 0. The first-order chi connectivity index (χ1) is 12.3.